The lowest BCUT2D eigenvalue weighted by molar-refractivity contribution is -0.158. The van der Waals surface area contributed by atoms with Crippen LogP contribution in [0, 0.1) is 11.3 Å². The molecular formula is C13H22BrNO2. The van der Waals surface area contributed by atoms with Crippen molar-refractivity contribution in [2.45, 2.75) is 45.8 Å². The first-order chi connectivity index (χ1) is 7.75. The second-order valence-corrected chi connectivity index (χ2v) is 7.27. The van der Waals surface area contributed by atoms with Gasteiger partial charge >= 0.3 is 0 Å². The van der Waals surface area contributed by atoms with Gasteiger partial charge in [0.15, 0.2) is 0 Å². The molecule has 3 nitrogen and oxygen atoms in total. The summed E-state index contributed by atoms with van der Waals surface area (Å²) in [6.45, 7) is 9.88. The molecule has 98 valence electrons. The molecule has 1 aliphatic carbocycles. The summed E-state index contributed by atoms with van der Waals surface area (Å²) in [6, 6.07) is 0. The second-order valence-electron chi connectivity index (χ2n) is 6.62. The SMILES string of the molecule is CC1(C)CN(C(=O)C2CC2(C)C)CC(CBr)O1. The van der Waals surface area contributed by atoms with Gasteiger partial charge in [0, 0.05) is 24.3 Å². The molecule has 0 aromatic heterocycles. The van der Waals surface area contributed by atoms with Crippen LogP contribution in [0.2, 0.25) is 0 Å². The Labute approximate surface area is 112 Å². The molecular weight excluding hydrogens is 282 g/mol. The van der Waals surface area contributed by atoms with Crippen molar-refractivity contribution in [1.82, 2.24) is 4.90 Å². The predicted molar refractivity (Wildman–Crippen MR) is 71.2 cm³/mol. The Balaban J connectivity index is 2.03. The highest BCUT2D eigenvalue weighted by Gasteiger charge is 2.53. The molecule has 1 amide bonds. The molecule has 0 aromatic carbocycles. The standard InChI is InChI=1S/C13H22BrNO2/c1-12(2)5-10(12)11(16)15-7-9(6-14)17-13(3,4)8-15/h9-10H,5-8H2,1-4H3. The molecule has 2 unspecified atom stereocenters. The van der Waals surface area contributed by atoms with Crippen molar-refractivity contribution in [2.24, 2.45) is 11.3 Å². The van der Waals surface area contributed by atoms with Crippen molar-refractivity contribution in [3.05, 3.63) is 0 Å². The van der Waals surface area contributed by atoms with Crippen molar-refractivity contribution in [3.8, 4) is 0 Å². The van der Waals surface area contributed by atoms with Crippen LogP contribution in [-0.2, 0) is 9.53 Å². The van der Waals surface area contributed by atoms with E-state index in [2.05, 4.69) is 43.6 Å². The molecule has 1 aliphatic heterocycles. The van der Waals surface area contributed by atoms with Gasteiger partial charge in [0.1, 0.15) is 0 Å². The quantitative estimate of drug-likeness (QED) is 0.733. The van der Waals surface area contributed by atoms with Crippen LogP contribution < -0.4 is 0 Å². The second kappa shape index (κ2) is 4.23. The molecule has 1 saturated heterocycles. The van der Waals surface area contributed by atoms with E-state index < -0.39 is 0 Å². The number of morpholine rings is 1. The highest BCUT2D eigenvalue weighted by Crippen LogP contribution is 2.52. The third kappa shape index (κ3) is 2.84. The van der Waals surface area contributed by atoms with Gasteiger partial charge in [-0.25, -0.2) is 0 Å². The number of nitrogens with zero attached hydrogens (tertiary/aromatic N) is 1. The Kier molecular flexibility index (Phi) is 3.32. The number of hydrogen-bond donors (Lipinski definition) is 0. The van der Waals surface area contributed by atoms with Gasteiger partial charge in [-0.05, 0) is 25.7 Å². The highest BCUT2D eigenvalue weighted by atomic mass is 79.9. The molecule has 2 aliphatic rings. The maximum atomic E-state index is 12.4. The summed E-state index contributed by atoms with van der Waals surface area (Å²) in [5.41, 5.74) is -0.0190. The van der Waals surface area contributed by atoms with E-state index in [0.717, 1.165) is 18.3 Å². The normalized spacial score (nSPS) is 34.5. The van der Waals surface area contributed by atoms with Gasteiger partial charge in [0.05, 0.1) is 11.7 Å². The van der Waals surface area contributed by atoms with Crippen molar-refractivity contribution in [3.63, 3.8) is 0 Å². The summed E-state index contributed by atoms with van der Waals surface area (Å²) in [5, 5.41) is 0.786. The lowest BCUT2D eigenvalue weighted by Gasteiger charge is -2.42. The molecule has 0 N–H and O–H groups in total. The van der Waals surface area contributed by atoms with Gasteiger partial charge in [-0.15, -0.1) is 0 Å². The van der Waals surface area contributed by atoms with Gasteiger partial charge in [-0.1, -0.05) is 29.8 Å². The van der Waals surface area contributed by atoms with Crippen LogP contribution in [0.25, 0.3) is 0 Å². The Morgan fingerprint density at radius 3 is 2.47 bits per heavy atom. The fourth-order valence-electron chi connectivity index (χ4n) is 2.65. The molecule has 4 heteroatoms. The van der Waals surface area contributed by atoms with Crippen molar-refractivity contribution < 1.29 is 9.53 Å². The van der Waals surface area contributed by atoms with Crippen LogP contribution in [-0.4, -0.2) is 40.9 Å². The molecule has 2 atom stereocenters. The first-order valence-electron chi connectivity index (χ1n) is 6.28. The Hall–Kier alpha value is -0.0900. The lowest BCUT2D eigenvalue weighted by Crippen LogP contribution is -2.55. The Bertz CT molecular complexity index is 327. The fraction of sp³-hybridized carbons (Fsp3) is 0.923. The average Bonchev–Trinajstić information content (AvgIpc) is 2.84. The zero-order valence-electron chi connectivity index (χ0n) is 11.1. The molecule has 0 spiro atoms. The molecule has 0 bridgehead atoms. The average molecular weight is 304 g/mol. The number of carbonyl (C=O) groups excluding carboxylic acids is 1. The minimum absolute atomic E-state index is 0.115. The largest absolute Gasteiger partial charge is 0.368 e. The number of hydrogen-bond acceptors (Lipinski definition) is 2. The molecule has 0 radical (unpaired) electrons. The predicted octanol–water partition coefficient (Wildman–Crippen LogP) is 2.43. The number of rotatable bonds is 2. The van der Waals surface area contributed by atoms with Crippen LogP contribution in [0.5, 0.6) is 0 Å². The molecule has 2 rings (SSSR count). The first kappa shape index (κ1) is 13.3. The maximum Gasteiger partial charge on any atom is 0.226 e. The highest BCUT2D eigenvalue weighted by molar-refractivity contribution is 9.09. The number of alkyl halides is 1. The molecule has 1 saturated carbocycles. The third-order valence-corrected chi connectivity index (χ3v) is 4.50. The van der Waals surface area contributed by atoms with Gasteiger partial charge in [-0.3, -0.25) is 4.79 Å². The third-order valence-electron chi connectivity index (χ3n) is 3.78. The zero-order valence-corrected chi connectivity index (χ0v) is 12.7. The van der Waals surface area contributed by atoms with Gasteiger partial charge in [0.25, 0.3) is 0 Å². The van der Waals surface area contributed by atoms with Gasteiger partial charge in [0.2, 0.25) is 5.91 Å². The zero-order chi connectivity index (χ0) is 12.8. The van der Waals surface area contributed by atoms with Crippen LogP contribution in [0.4, 0.5) is 0 Å². The van der Waals surface area contributed by atoms with E-state index in [4.69, 9.17) is 4.74 Å². The Morgan fingerprint density at radius 2 is 2.00 bits per heavy atom. The number of amides is 1. The summed E-state index contributed by atoms with van der Waals surface area (Å²) in [5.74, 6) is 0.546. The Morgan fingerprint density at radius 1 is 1.41 bits per heavy atom. The van der Waals surface area contributed by atoms with E-state index in [0.29, 0.717) is 12.5 Å². The first-order valence-corrected chi connectivity index (χ1v) is 7.40. The van der Waals surface area contributed by atoms with E-state index in [1.165, 1.54) is 0 Å². The summed E-state index contributed by atoms with van der Waals surface area (Å²) < 4.78 is 5.91. The number of ether oxygens (including phenoxy) is 1. The van der Waals surface area contributed by atoms with Crippen LogP contribution >= 0.6 is 15.9 Å². The van der Waals surface area contributed by atoms with Crippen LogP contribution in [0.15, 0.2) is 0 Å². The van der Waals surface area contributed by atoms with Crippen molar-refractivity contribution in [2.75, 3.05) is 18.4 Å². The number of halogens is 1. The monoisotopic (exact) mass is 303 g/mol. The number of carbonyl (C=O) groups is 1. The van der Waals surface area contributed by atoms with E-state index in [1.807, 2.05) is 4.90 Å². The molecule has 17 heavy (non-hydrogen) atoms. The van der Waals surface area contributed by atoms with Gasteiger partial charge < -0.3 is 9.64 Å². The van der Waals surface area contributed by atoms with Crippen LogP contribution in [0.1, 0.15) is 34.1 Å². The molecule has 0 aromatic rings. The summed E-state index contributed by atoms with van der Waals surface area (Å²) >= 11 is 3.45. The molecule has 1 heterocycles. The maximum absolute atomic E-state index is 12.4. The lowest BCUT2D eigenvalue weighted by atomic mass is 10.0. The summed E-state index contributed by atoms with van der Waals surface area (Å²) in [4.78, 5) is 14.4. The molecule has 2 fully saturated rings. The topological polar surface area (TPSA) is 29.5 Å². The van der Waals surface area contributed by atoms with E-state index in [9.17, 15) is 4.79 Å². The minimum Gasteiger partial charge on any atom is -0.368 e. The van der Waals surface area contributed by atoms with Crippen molar-refractivity contribution in [1.29, 1.82) is 0 Å². The van der Waals surface area contributed by atoms with E-state index in [1.54, 1.807) is 0 Å². The fourth-order valence-corrected chi connectivity index (χ4v) is 2.99. The smallest absolute Gasteiger partial charge is 0.226 e. The van der Waals surface area contributed by atoms with Crippen molar-refractivity contribution >= 4 is 21.8 Å². The van der Waals surface area contributed by atoms with E-state index in [-0.39, 0.29) is 23.0 Å². The van der Waals surface area contributed by atoms with Crippen LogP contribution in [0.3, 0.4) is 0 Å². The van der Waals surface area contributed by atoms with Gasteiger partial charge in [-0.2, -0.15) is 0 Å². The van der Waals surface area contributed by atoms with E-state index >= 15 is 0 Å². The summed E-state index contributed by atoms with van der Waals surface area (Å²) in [7, 11) is 0. The summed E-state index contributed by atoms with van der Waals surface area (Å²) in [6.07, 6.45) is 1.15. The minimum atomic E-state index is -0.231.